The first kappa shape index (κ1) is 30.1. The fraction of sp³-hybridized carbons (Fsp3) is 0.267. The van der Waals surface area contributed by atoms with Gasteiger partial charge >= 0.3 is 5.97 Å². The molecule has 1 unspecified atom stereocenters. The van der Waals surface area contributed by atoms with Crippen LogP contribution in [0.15, 0.2) is 84.3 Å². The Bertz CT molecular complexity index is 1670. The molecule has 1 fully saturated rings. The van der Waals surface area contributed by atoms with E-state index in [1.165, 1.54) is 22.5 Å². The van der Waals surface area contributed by atoms with E-state index in [0.717, 1.165) is 11.6 Å². The van der Waals surface area contributed by atoms with E-state index in [-0.39, 0.29) is 53.7 Å². The van der Waals surface area contributed by atoms with Crippen LogP contribution >= 0.6 is 22.2 Å². The van der Waals surface area contributed by atoms with Crippen LogP contribution in [0.5, 0.6) is 0 Å². The van der Waals surface area contributed by atoms with E-state index >= 15 is 0 Å². The van der Waals surface area contributed by atoms with Gasteiger partial charge in [0.1, 0.15) is 0 Å². The average molecular weight is 631 g/mol. The smallest absolute Gasteiger partial charge is 0.335 e. The van der Waals surface area contributed by atoms with Crippen LogP contribution in [0.25, 0.3) is 0 Å². The summed E-state index contributed by atoms with van der Waals surface area (Å²) in [6, 6.07) is 16.5. The van der Waals surface area contributed by atoms with Crippen molar-refractivity contribution >= 4 is 49.8 Å². The highest BCUT2D eigenvalue weighted by Crippen LogP contribution is 2.59. The standard InChI is InChI=1S/C30H31ClN2O7S2/c1-2-6-27-30(13-15-41(37,38)16-14-30)24-18-20(28(34)32-19-22-7-3-4-10-25(22)31)11-12-26(24)33(27)42(39,40)23-9-5-8-21(17-23)29(35)36/h2-5,7-12,17-18,27,37-38H,1,6,13-16,19H2,(H,32,34)(H,35,36). The van der Waals surface area contributed by atoms with Gasteiger partial charge in [-0.2, -0.15) is 10.6 Å². The van der Waals surface area contributed by atoms with E-state index in [4.69, 9.17) is 11.6 Å². The maximum atomic E-state index is 14.2. The summed E-state index contributed by atoms with van der Waals surface area (Å²) in [5.41, 5.74) is 1.05. The molecule has 12 heteroatoms. The third-order valence-electron chi connectivity index (χ3n) is 8.13. The maximum Gasteiger partial charge on any atom is 0.335 e. The van der Waals surface area contributed by atoms with Crippen LogP contribution in [0.2, 0.25) is 5.02 Å². The number of rotatable bonds is 8. The topological polar surface area (TPSA) is 144 Å². The maximum absolute atomic E-state index is 14.2. The van der Waals surface area contributed by atoms with Gasteiger partial charge in [0.15, 0.2) is 0 Å². The number of hydrogen-bond acceptors (Lipinski definition) is 6. The molecule has 3 aromatic rings. The minimum Gasteiger partial charge on any atom is -0.478 e. The first-order chi connectivity index (χ1) is 19.9. The van der Waals surface area contributed by atoms with Gasteiger partial charge in [0, 0.05) is 34.1 Å². The van der Waals surface area contributed by atoms with Crippen molar-refractivity contribution in [1.82, 2.24) is 5.32 Å². The normalized spacial score (nSPS) is 19.6. The Kier molecular flexibility index (Phi) is 8.16. The third kappa shape index (κ3) is 5.43. The van der Waals surface area contributed by atoms with Crippen LogP contribution in [0.4, 0.5) is 5.69 Å². The van der Waals surface area contributed by atoms with Crippen LogP contribution in [0.3, 0.4) is 0 Å². The van der Waals surface area contributed by atoms with Gasteiger partial charge in [0.2, 0.25) is 0 Å². The SMILES string of the molecule is C=CCC1N(S(=O)(=O)c2cccc(C(=O)O)c2)c2ccc(C(=O)NCc3ccccc3Cl)cc2C12CCS(O)(O)CC2. The van der Waals surface area contributed by atoms with E-state index in [1.807, 2.05) is 12.1 Å². The molecular formula is C30H31ClN2O7S2. The number of amides is 1. The predicted molar refractivity (Wildman–Crippen MR) is 164 cm³/mol. The molecule has 2 heterocycles. The molecule has 3 aromatic carbocycles. The summed E-state index contributed by atoms with van der Waals surface area (Å²) < 4.78 is 50.7. The lowest BCUT2D eigenvalue weighted by molar-refractivity contribution is 0.0696. The molecule has 0 bridgehead atoms. The number of carboxylic acid groups (broad SMARTS) is 1. The minimum atomic E-state index is -4.28. The summed E-state index contributed by atoms with van der Waals surface area (Å²) in [6.45, 7) is 4.05. The summed E-state index contributed by atoms with van der Waals surface area (Å²) in [5, 5.41) is 12.9. The Morgan fingerprint density at radius 3 is 2.43 bits per heavy atom. The molecule has 5 rings (SSSR count). The highest BCUT2D eigenvalue weighted by atomic mass is 35.5. The Labute approximate surface area is 251 Å². The van der Waals surface area contributed by atoms with E-state index in [2.05, 4.69) is 11.9 Å². The van der Waals surface area contributed by atoms with E-state index in [1.54, 1.807) is 36.4 Å². The summed E-state index contributed by atoms with van der Waals surface area (Å²) in [7, 11) is -7.11. The Morgan fingerprint density at radius 1 is 1.05 bits per heavy atom. The first-order valence-corrected chi connectivity index (χ1v) is 17.0. The van der Waals surface area contributed by atoms with Crippen LogP contribution < -0.4 is 9.62 Å². The van der Waals surface area contributed by atoms with Gasteiger partial charge in [-0.05, 0) is 72.9 Å². The molecule has 222 valence electrons. The van der Waals surface area contributed by atoms with Crippen LogP contribution in [-0.4, -0.2) is 52.1 Å². The highest BCUT2D eigenvalue weighted by molar-refractivity contribution is 8.24. The Balaban J connectivity index is 1.60. The quantitative estimate of drug-likeness (QED) is 0.227. The second-order valence-electron chi connectivity index (χ2n) is 10.5. The second kappa shape index (κ2) is 11.4. The van der Waals surface area contributed by atoms with Crippen molar-refractivity contribution in [2.24, 2.45) is 0 Å². The van der Waals surface area contributed by atoms with Crippen molar-refractivity contribution in [3.63, 3.8) is 0 Å². The van der Waals surface area contributed by atoms with Gasteiger partial charge < -0.3 is 10.4 Å². The minimum absolute atomic E-state index is 0.0887. The molecule has 0 aliphatic carbocycles. The number of carbonyl (C=O) groups is 2. The van der Waals surface area contributed by atoms with Gasteiger partial charge in [-0.3, -0.25) is 18.2 Å². The number of benzene rings is 3. The number of sulfonamides is 1. The number of carboxylic acids is 1. The van der Waals surface area contributed by atoms with E-state index in [9.17, 15) is 32.2 Å². The van der Waals surface area contributed by atoms with Crippen molar-refractivity contribution in [3.8, 4) is 0 Å². The number of aromatic carboxylic acids is 1. The van der Waals surface area contributed by atoms with E-state index < -0.39 is 38.0 Å². The number of carbonyl (C=O) groups excluding carboxylic acids is 1. The Hall–Kier alpha value is -3.35. The summed E-state index contributed by atoms with van der Waals surface area (Å²) >= 11 is 6.24. The van der Waals surface area contributed by atoms with Crippen molar-refractivity contribution in [1.29, 1.82) is 0 Å². The molecule has 9 nitrogen and oxygen atoms in total. The van der Waals surface area contributed by atoms with Gasteiger partial charge in [-0.15, -0.1) is 6.58 Å². The Morgan fingerprint density at radius 2 is 1.76 bits per heavy atom. The molecule has 1 spiro atoms. The number of anilines is 1. The summed E-state index contributed by atoms with van der Waals surface area (Å²) in [5.74, 6) is -1.45. The summed E-state index contributed by atoms with van der Waals surface area (Å²) in [6.07, 6.45) is 2.44. The number of hydrogen-bond donors (Lipinski definition) is 4. The first-order valence-electron chi connectivity index (χ1n) is 13.3. The molecule has 4 N–H and O–H groups in total. The van der Waals surface area contributed by atoms with Crippen LogP contribution in [-0.2, 0) is 22.0 Å². The fourth-order valence-corrected chi connectivity index (χ4v) is 9.54. The number of fused-ring (bicyclic) bond motifs is 2. The monoisotopic (exact) mass is 630 g/mol. The zero-order valence-corrected chi connectivity index (χ0v) is 25.0. The van der Waals surface area contributed by atoms with Gasteiger partial charge in [0.05, 0.1) is 22.2 Å². The van der Waals surface area contributed by atoms with Gasteiger partial charge in [0.25, 0.3) is 15.9 Å². The predicted octanol–water partition coefficient (Wildman–Crippen LogP) is 5.90. The van der Waals surface area contributed by atoms with Crippen LogP contribution in [0, 0.1) is 0 Å². The molecule has 2 aliphatic rings. The molecule has 2 aliphatic heterocycles. The fourth-order valence-electron chi connectivity index (χ4n) is 5.96. The lowest BCUT2D eigenvalue weighted by Crippen LogP contribution is -2.50. The lowest BCUT2D eigenvalue weighted by Gasteiger charge is -2.48. The van der Waals surface area contributed by atoms with Crippen molar-refractivity contribution in [2.75, 3.05) is 15.8 Å². The lowest BCUT2D eigenvalue weighted by atomic mass is 9.71. The highest BCUT2D eigenvalue weighted by Gasteiger charge is 2.56. The molecular weight excluding hydrogens is 600 g/mol. The largest absolute Gasteiger partial charge is 0.478 e. The zero-order valence-electron chi connectivity index (χ0n) is 22.6. The molecule has 0 aromatic heterocycles. The number of nitrogens with zero attached hydrogens (tertiary/aromatic N) is 1. The van der Waals surface area contributed by atoms with Crippen LogP contribution in [0.1, 0.15) is 51.1 Å². The van der Waals surface area contributed by atoms with Crippen molar-refractivity contribution in [3.05, 3.63) is 107 Å². The van der Waals surface area contributed by atoms with Gasteiger partial charge in [-0.1, -0.05) is 41.9 Å². The molecule has 1 saturated heterocycles. The van der Waals surface area contributed by atoms with Gasteiger partial charge in [-0.25, -0.2) is 13.2 Å². The summed E-state index contributed by atoms with van der Waals surface area (Å²) in [4.78, 5) is 24.7. The molecule has 1 amide bonds. The van der Waals surface area contributed by atoms with Crippen molar-refractivity contribution < 1.29 is 32.2 Å². The zero-order chi connectivity index (χ0) is 30.3. The molecule has 0 saturated carbocycles. The number of nitrogens with one attached hydrogen (secondary N) is 1. The molecule has 42 heavy (non-hydrogen) atoms. The second-order valence-corrected chi connectivity index (χ2v) is 15.2. The molecule has 0 radical (unpaired) electrons. The third-order valence-corrected chi connectivity index (χ3v) is 12.0. The van der Waals surface area contributed by atoms with E-state index in [0.29, 0.717) is 21.8 Å². The number of halogens is 1. The molecule has 1 atom stereocenters. The van der Waals surface area contributed by atoms with Crippen molar-refractivity contribution in [2.45, 2.75) is 42.2 Å². The average Bonchev–Trinajstić information content (AvgIpc) is 3.23.